The Morgan fingerprint density at radius 1 is 1.29 bits per heavy atom. The van der Waals surface area contributed by atoms with Crippen molar-refractivity contribution < 1.29 is 0 Å². The van der Waals surface area contributed by atoms with E-state index < -0.39 is 0 Å². The van der Waals surface area contributed by atoms with Crippen LogP contribution in [0.15, 0.2) is 12.4 Å². The van der Waals surface area contributed by atoms with Crippen LogP contribution in [-0.4, -0.2) is 15.6 Å². The van der Waals surface area contributed by atoms with Crippen molar-refractivity contribution in [1.82, 2.24) is 9.55 Å². The molecule has 1 fully saturated rings. The van der Waals surface area contributed by atoms with Crippen molar-refractivity contribution in [3.05, 3.63) is 12.4 Å². The predicted molar refractivity (Wildman–Crippen MR) is 72.3 cm³/mol. The summed E-state index contributed by atoms with van der Waals surface area (Å²) >= 11 is 0. The van der Waals surface area contributed by atoms with Crippen LogP contribution in [0.1, 0.15) is 58.9 Å². The maximum Gasteiger partial charge on any atom is 0.203 e. The lowest BCUT2D eigenvalue weighted by Crippen LogP contribution is -2.28. The average molecular weight is 235 g/mol. The van der Waals surface area contributed by atoms with Gasteiger partial charge in [-0.3, -0.25) is 0 Å². The lowest BCUT2D eigenvalue weighted by molar-refractivity contribution is 0.450. The summed E-state index contributed by atoms with van der Waals surface area (Å²) in [6.07, 6.45) is 10.7. The van der Waals surface area contributed by atoms with E-state index in [1.807, 2.05) is 6.20 Å². The summed E-state index contributed by atoms with van der Waals surface area (Å²) < 4.78 is 2.22. The molecular weight excluding hydrogens is 210 g/mol. The largest absolute Gasteiger partial charge is 0.353 e. The minimum atomic E-state index is 0.473. The van der Waals surface area contributed by atoms with Crippen LogP contribution in [0.2, 0.25) is 0 Å². The minimum Gasteiger partial charge on any atom is -0.353 e. The van der Waals surface area contributed by atoms with Gasteiger partial charge in [-0.05, 0) is 32.6 Å². The van der Waals surface area contributed by atoms with E-state index in [-0.39, 0.29) is 0 Å². The monoisotopic (exact) mass is 235 g/mol. The predicted octanol–water partition coefficient (Wildman–Crippen LogP) is 3.84. The van der Waals surface area contributed by atoms with Crippen molar-refractivity contribution in [3.63, 3.8) is 0 Å². The molecule has 3 nitrogen and oxygen atoms in total. The summed E-state index contributed by atoms with van der Waals surface area (Å²) in [5.41, 5.74) is 0. The van der Waals surface area contributed by atoms with Crippen molar-refractivity contribution >= 4 is 5.95 Å². The molecule has 17 heavy (non-hydrogen) atoms. The third-order valence-corrected chi connectivity index (χ3v) is 3.90. The maximum absolute atomic E-state index is 4.45. The summed E-state index contributed by atoms with van der Waals surface area (Å²) in [6, 6.07) is 1.07. The molecule has 1 heterocycles. The van der Waals surface area contributed by atoms with Gasteiger partial charge in [0.15, 0.2) is 0 Å². The van der Waals surface area contributed by atoms with E-state index >= 15 is 0 Å². The minimum absolute atomic E-state index is 0.473. The second kappa shape index (κ2) is 5.56. The Hall–Kier alpha value is -0.990. The van der Waals surface area contributed by atoms with Crippen LogP contribution in [-0.2, 0) is 0 Å². The second-order valence-electron chi connectivity index (χ2n) is 5.62. The zero-order chi connectivity index (χ0) is 12.3. The van der Waals surface area contributed by atoms with Crippen LogP contribution in [0, 0.1) is 5.92 Å². The molecule has 0 radical (unpaired) electrons. The fourth-order valence-electron chi connectivity index (χ4n) is 2.71. The number of hydrogen-bond acceptors (Lipinski definition) is 2. The molecule has 1 aromatic heterocycles. The van der Waals surface area contributed by atoms with Crippen LogP contribution in [0.25, 0.3) is 0 Å². The van der Waals surface area contributed by atoms with Gasteiger partial charge in [0.2, 0.25) is 5.95 Å². The van der Waals surface area contributed by atoms with Crippen molar-refractivity contribution in [2.24, 2.45) is 5.92 Å². The van der Waals surface area contributed by atoms with E-state index in [0.717, 1.165) is 11.9 Å². The average Bonchev–Trinajstić information content (AvgIpc) is 2.66. The molecule has 0 bridgehead atoms. The molecule has 0 saturated heterocycles. The number of hydrogen-bond donors (Lipinski definition) is 1. The molecule has 1 saturated carbocycles. The highest BCUT2D eigenvalue weighted by atomic mass is 15.2. The topological polar surface area (TPSA) is 29.9 Å². The first-order valence-electron chi connectivity index (χ1n) is 6.98. The standard InChI is InChI=1S/C14H25N3/c1-11(2)17-10-9-15-14(17)16-13-8-6-4-5-7-12(13)3/h9-13H,4-8H2,1-3H3,(H,15,16). The van der Waals surface area contributed by atoms with Crippen molar-refractivity contribution in [2.45, 2.75) is 65.0 Å². The van der Waals surface area contributed by atoms with Crippen molar-refractivity contribution in [1.29, 1.82) is 0 Å². The van der Waals surface area contributed by atoms with Gasteiger partial charge in [-0.25, -0.2) is 4.98 Å². The van der Waals surface area contributed by atoms with E-state index in [1.54, 1.807) is 0 Å². The van der Waals surface area contributed by atoms with Gasteiger partial charge >= 0.3 is 0 Å². The molecule has 1 aliphatic rings. The molecule has 96 valence electrons. The number of rotatable bonds is 3. The molecule has 3 heteroatoms. The number of nitrogens with zero attached hydrogens (tertiary/aromatic N) is 2. The molecule has 0 aliphatic heterocycles. The Balaban J connectivity index is 2.05. The first kappa shape index (κ1) is 12.5. The molecule has 1 N–H and O–H groups in total. The highest BCUT2D eigenvalue weighted by molar-refractivity contribution is 5.28. The van der Waals surface area contributed by atoms with Crippen LogP contribution >= 0.6 is 0 Å². The zero-order valence-corrected chi connectivity index (χ0v) is 11.3. The first-order valence-corrected chi connectivity index (χ1v) is 6.98. The quantitative estimate of drug-likeness (QED) is 0.807. The Labute approximate surface area is 105 Å². The van der Waals surface area contributed by atoms with Gasteiger partial charge in [0, 0.05) is 24.5 Å². The van der Waals surface area contributed by atoms with Gasteiger partial charge in [0.1, 0.15) is 0 Å². The smallest absolute Gasteiger partial charge is 0.203 e. The lowest BCUT2D eigenvalue weighted by atomic mass is 9.97. The third kappa shape index (κ3) is 3.02. The summed E-state index contributed by atoms with van der Waals surface area (Å²) in [5, 5.41) is 3.65. The summed E-state index contributed by atoms with van der Waals surface area (Å²) in [6.45, 7) is 6.76. The molecule has 0 aromatic carbocycles. The third-order valence-electron chi connectivity index (χ3n) is 3.90. The molecule has 2 atom stereocenters. The molecule has 1 aliphatic carbocycles. The zero-order valence-electron chi connectivity index (χ0n) is 11.3. The van der Waals surface area contributed by atoms with Crippen LogP contribution in [0.4, 0.5) is 5.95 Å². The van der Waals surface area contributed by atoms with E-state index in [0.29, 0.717) is 12.1 Å². The van der Waals surface area contributed by atoms with Gasteiger partial charge in [-0.2, -0.15) is 0 Å². The number of nitrogens with one attached hydrogen (secondary N) is 1. The van der Waals surface area contributed by atoms with Gasteiger partial charge in [0.05, 0.1) is 0 Å². The number of imidazole rings is 1. The first-order chi connectivity index (χ1) is 8.18. The van der Waals surface area contributed by atoms with E-state index in [9.17, 15) is 0 Å². The highest BCUT2D eigenvalue weighted by Gasteiger charge is 2.21. The van der Waals surface area contributed by atoms with Gasteiger partial charge in [0.25, 0.3) is 0 Å². The Morgan fingerprint density at radius 2 is 2.06 bits per heavy atom. The van der Waals surface area contributed by atoms with Gasteiger partial charge in [-0.1, -0.05) is 26.2 Å². The van der Waals surface area contributed by atoms with Crippen LogP contribution in [0.3, 0.4) is 0 Å². The van der Waals surface area contributed by atoms with Crippen LogP contribution < -0.4 is 5.32 Å². The Kier molecular flexibility index (Phi) is 4.08. The maximum atomic E-state index is 4.45. The summed E-state index contributed by atoms with van der Waals surface area (Å²) in [7, 11) is 0. The molecule has 2 rings (SSSR count). The molecule has 2 unspecified atom stereocenters. The Morgan fingerprint density at radius 3 is 2.82 bits per heavy atom. The fraction of sp³-hybridized carbons (Fsp3) is 0.786. The molecule has 1 aromatic rings. The molecule has 0 amide bonds. The van der Waals surface area contributed by atoms with E-state index in [4.69, 9.17) is 0 Å². The van der Waals surface area contributed by atoms with E-state index in [1.165, 1.54) is 32.1 Å². The van der Waals surface area contributed by atoms with E-state index in [2.05, 4.69) is 41.8 Å². The van der Waals surface area contributed by atoms with Crippen LogP contribution in [0.5, 0.6) is 0 Å². The second-order valence-corrected chi connectivity index (χ2v) is 5.62. The SMILES string of the molecule is CC1CCCCCC1Nc1nccn1C(C)C. The highest BCUT2D eigenvalue weighted by Crippen LogP contribution is 2.26. The van der Waals surface area contributed by atoms with Gasteiger partial charge in [-0.15, -0.1) is 0 Å². The summed E-state index contributed by atoms with van der Waals surface area (Å²) in [4.78, 5) is 4.45. The molecule has 0 spiro atoms. The lowest BCUT2D eigenvalue weighted by Gasteiger charge is -2.24. The normalized spacial score (nSPS) is 25.9. The fourth-order valence-corrected chi connectivity index (χ4v) is 2.71. The van der Waals surface area contributed by atoms with Crippen molar-refractivity contribution in [2.75, 3.05) is 5.32 Å². The molecular formula is C14H25N3. The number of anilines is 1. The van der Waals surface area contributed by atoms with Crippen molar-refractivity contribution in [3.8, 4) is 0 Å². The number of aromatic nitrogens is 2. The summed E-state index contributed by atoms with van der Waals surface area (Å²) in [5.74, 6) is 1.80. The van der Waals surface area contributed by atoms with Gasteiger partial charge < -0.3 is 9.88 Å². The Bertz CT molecular complexity index is 343.